The Morgan fingerprint density at radius 1 is 0.929 bits per heavy atom. The van der Waals surface area contributed by atoms with E-state index in [1.807, 2.05) is 54.6 Å². The van der Waals surface area contributed by atoms with Crippen LogP contribution in [-0.2, 0) is 10.0 Å². The molecule has 144 valence electrons. The molecule has 0 fully saturated rings. The van der Waals surface area contributed by atoms with Gasteiger partial charge in [-0.15, -0.1) is 0 Å². The van der Waals surface area contributed by atoms with E-state index in [4.69, 9.17) is 11.6 Å². The Hall–Kier alpha value is -2.50. The molecular weight excluding hydrogens is 392 g/mol. The van der Waals surface area contributed by atoms with Crippen LogP contribution in [0.2, 0.25) is 5.02 Å². The van der Waals surface area contributed by atoms with Gasteiger partial charge in [0.15, 0.2) is 0 Å². The van der Waals surface area contributed by atoms with Gasteiger partial charge < -0.3 is 5.32 Å². The quantitative estimate of drug-likeness (QED) is 0.617. The lowest BCUT2D eigenvalue weighted by Crippen LogP contribution is -2.40. The first-order valence-corrected chi connectivity index (χ1v) is 11.0. The zero-order valence-corrected chi connectivity index (χ0v) is 17.0. The summed E-state index contributed by atoms with van der Waals surface area (Å²) in [6, 6.07) is 23.3. The topological polar surface area (TPSA) is 49.4 Å². The second kappa shape index (κ2) is 7.49. The van der Waals surface area contributed by atoms with E-state index in [0.717, 1.165) is 11.3 Å². The molecule has 1 N–H and O–H groups in total. The number of hydrogen-bond donors (Lipinski definition) is 1. The molecule has 0 saturated carbocycles. The van der Waals surface area contributed by atoms with E-state index in [1.165, 1.54) is 0 Å². The predicted molar refractivity (Wildman–Crippen MR) is 114 cm³/mol. The van der Waals surface area contributed by atoms with Gasteiger partial charge in [0.25, 0.3) is 10.0 Å². The molecule has 0 spiro atoms. The molecule has 0 aromatic heterocycles. The number of para-hydroxylation sites is 2. The van der Waals surface area contributed by atoms with Gasteiger partial charge in [-0.3, -0.25) is 4.31 Å². The number of rotatable bonds is 4. The van der Waals surface area contributed by atoms with Crippen LogP contribution >= 0.6 is 11.6 Å². The molecule has 1 aliphatic heterocycles. The third-order valence-corrected chi connectivity index (χ3v) is 7.07. The van der Waals surface area contributed by atoms with E-state index in [-0.39, 0.29) is 17.0 Å². The van der Waals surface area contributed by atoms with E-state index < -0.39 is 10.0 Å². The van der Waals surface area contributed by atoms with Crippen molar-refractivity contribution < 1.29 is 8.42 Å². The van der Waals surface area contributed by atoms with Crippen LogP contribution in [0.5, 0.6) is 0 Å². The van der Waals surface area contributed by atoms with Crippen molar-refractivity contribution in [1.82, 2.24) is 0 Å². The van der Waals surface area contributed by atoms with Gasteiger partial charge in [0, 0.05) is 16.8 Å². The summed E-state index contributed by atoms with van der Waals surface area (Å²) in [5.74, 6) is 0. The van der Waals surface area contributed by atoms with E-state index in [9.17, 15) is 8.42 Å². The van der Waals surface area contributed by atoms with Crippen LogP contribution in [0.3, 0.4) is 0 Å². The van der Waals surface area contributed by atoms with Gasteiger partial charge in [-0.1, -0.05) is 48.0 Å². The van der Waals surface area contributed by atoms with Crippen LogP contribution in [0.15, 0.2) is 83.8 Å². The molecule has 3 aromatic carbocycles. The highest BCUT2D eigenvalue weighted by molar-refractivity contribution is 7.92. The molecule has 28 heavy (non-hydrogen) atoms. The summed E-state index contributed by atoms with van der Waals surface area (Å²) < 4.78 is 29.0. The molecule has 1 aliphatic rings. The maximum Gasteiger partial charge on any atom is 0.264 e. The smallest absolute Gasteiger partial charge is 0.264 e. The SMILES string of the molecule is C[C@@H]1C[C@H](N(c2ccccc2)S(=O)(=O)c2ccc(Cl)cc2)c2ccccc2N1. The third kappa shape index (κ3) is 3.48. The van der Waals surface area contributed by atoms with Crippen molar-refractivity contribution in [2.75, 3.05) is 9.62 Å². The number of nitrogens with zero attached hydrogens (tertiary/aromatic N) is 1. The van der Waals surface area contributed by atoms with Crippen molar-refractivity contribution in [3.8, 4) is 0 Å². The molecule has 1 heterocycles. The molecule has 0 unspecified atom stereocenters. The van der Waals surface area contributed by atoms with Crippen molar-refractivity contribution in [3.05, 3.63) is 89.4 Å². The first kappa shape index (κ1) is 18.8. The number of halogens is 1. The van der Waals surface area contributed by atoms with Crippen molar-refractivity contribution in [2.45, 2.75) is 30.3 Å². The normalized spacial score (nSPS) is 18.8. The molecule has 0 radical (unpaired) electrons. The summed E-state index contributed by atoms with van der Waals surface area (Å²) in [6.07, 6.45) is 0.665. The molecule has 3 aromatic rings. The Kier molecular flexibility index (Phi) is 5.04. The van der Waals surface area contributed by atoms with Gasteiger partial charge in [-0.2, -0.15) is 0 Å². The van der Waals surface area contributed by atoms with Crippen LogP contribution in [0.1, 0.15) is 24.9 Å². The highest BCUT2D eigenvalue weighted by Crippen LogP contribution is 2.41. The monoisotopic (exact) mass is 412 g/mol. The van der Waals surface area contributed by atoms with Gasteiger partial charge in [0.1, 0.15) is 0 Å². The molecule has 2 atom stereocenters. The first-order valence-electron chi connectivity index (χ1n) is 9.17. The molecule has 0 bridgehead atoms. The van der Waals surface area contributed by atoms with Gasteiger partial charge in [-0.05, 0) is 61.4 Å². The summed E-state index contributed by atoms with van der Waals surface area (Å²) in [7, 11) is -3.79. The highest BCUT2D eigenvalue weighted by Gasteiger charge is 2.36. The predicted octanol–water partition coefficient (Wildman–Crippen LogP) is 5.48. The number of hydrogen-bond acceptors (Lipinski definition) is 3. The molecule has 0 aliphatic carbocycles. The van der Waals surface area contributed by atoms with Gasteiger partial charge in [0.2, 0.25) is 0 Å². The van der Waals surface area contributed by atoms with Crippen LogP contribution in [0.4, 0.5) is 11.4 Å². The van der Waals surface area contributed by atoms with Crippen LogP contribution in [0, 0.1) is 0 Å². The average Bonchev–Trinajstić information content (AvgIpc) is 2.69. The zero-order valence-electron chi connectivity index (χ0n) is 15.4. The molecule has 4 rings (SSSR count). The van der Waals surface area contributed by atoms with Crippen LogP contribution < -0.4 is 9.62 Å². The fourth-order valence-corrected chi connectivity index (χ4v) is 5.48. The summed E-state index contributed by atoms with van der Waals surface area (Å²) >= 11 is 5.98. The number of nitrogens with one attached hydrogen (secondary N) is 1. The van der Waals surface area contributed by atoms with E-state index in [1.54, 1.807) is 28.6 Å². The molecular formula is C22H21ClN2O2S. The van der Waals surface area contributed by atoms with E-state index in [2.05, 4.69) is 12.2 Å². The Bertz CT molecular complexity index is 1070. The lowest BCUT2D eigenvalue weighted by atomic mass is 9.93. The van der Waals surface area contributed by atoms with Gasteiger partial charge in [-0.25, -0.2) is 8.42 Å². The highest BCUT2D eigenvalue weighted by atomic mass is 35.5. The minimum atomic E-state index is -3.79. The number of anilines is 2. The third-order valence-electron chi connectivity index (χ3n) is 4.96. The van der Waals surface area contributed by atoms with Crippen molar-refractivity contribution >= 4 is 33.0 Å². The van der Waals surface area contributed by atoms with Gasteiger partial charge >= 0.3 is 0 Å². The number of sulfonamides is 1. The number of fused-ring (bicyclic) bond motifs is 1. The zero-order chi connectivity index (χ0) is 19.7. The minimum absolute atomic E-state index is 0.145. The Balaban J connectivity index is 1.90. The fourth-order valence-electron chi connectivity index (χ4n) is 3.71. The summed E-state index contributed by atoms with van der Waals surface area (Å²) in [4.78, 5) is 0.226. The molecule has 4 nitrogen and oxygen atoms in total. The molecule has 0 saturated heterocycles. The fraction of sp³-hybridized carbons (Fsp3) is 0.182. The van der Waals surface area contributed by atoms with Crippen molar-refractivity contribution in [1.29, 1.82) is 0 Å². The van der Waals surface area contributed by atoms with Crippen molar-refractivity contribution in [3.63, 3.8) is 0 Å². The minimum Gasteiger partial charge on any atom is -0.382 e. The summed E-state index contributed by atoms with van der Waals surface area (Å²) in [5.41, 5.74) is 2.59. The summed E-state index contributed by atoms with van der Waals surface area (Å²) in [5, 5.41) is 3.96. The van der Waals surface area contributed by atoms with E-state index >= 15 is 0 Å². The maximum absolute atomic E-state index is 13.7. The largest absolute Gasteiger partial charge is 0.382 e. The molecule has 6 heteroatoms. The van der Waals surface area contributed by atoms with Crippen LogP contribution in [0.25, 0.3) is 0 Å². The van der Waals surface area contributed by atoms with Crippen molar-refractivity contribution in [2.24, 2.45) is 0 Å². The lowest BCUT2D eigenvalue weighted by molar-refractivity contribution is 0.541. The Morgan fingerprint density at radius 2 is 1.57 bits per heavy atom. The number of benzene rings is 3. The summed E-state index contributed by atoms with van der Waals surface area (Å²) in [6.45, 7) is 2.07. The molecule has 0 amide bonds. The maximum atomic E-state index is 13.7. The second-order valence-electron chi connectivity index (χ2n) is 6.97. The average molecular weight is 413 g/mol. The van der Waals surface area contributed by atoms with Crippen LogP contribution in [-0.4, -0.2) is 14.5 Å². The second-order valence-corrected chi connectivity index (χ2v) is 9.23. The first-order chi connectivity index (χ1) is 13.5. The Labute approximate surface area is 170 Å². The standard InChI is InChI=1S/C22H21ClN2O2S/c1-16-15-22(20-9-5-6-10-21(20)24-16)25(18-7-3-2-4-8-18)28(26,27)19-13-11-17(23)12-14-19/h2-14,16,22,24H,15H2,1H3/t16-,22+/m1/s1. The van der Waals surface area contributed by atoms with Gasteiger partial charge in [0.05, 0.1) is 16.6 Å². The Morgan fingerprint density at radius 3 is 2.29 bits per heavy atom. The lowest BCUT2D eigenvalue weighted by Gasteiger charge is -2.39. The van der Waals surface area contributed by atoms with E-state index in [0.29, 0.717) is 17.1 Å².